The molecule has 164 valence electrons. The molecule has 0 saturated carbocycles. The zero-order valence-electron chi connectivity index (χ0n) is 17.8. The minimum absolute atomic E-state index is 0.00470. The van der Waals surface area contributed by atoms with E-state index in [9.17, 15) is 14.7 Å². The molecule has 31 heavy (non-hydrogen) atoms. The highest BCUT2D eigenvalue weighted by Crippen LogP contribution is 2.27. The zero-order valence-corrected chi connectivity index (χ0v) is 17.8. The lowest BCUT2D eigenvalue weighted by Crippen LogP contribution is -2.57. The second-order valence-electron chi connectivity index (χ2n) is 8.49. The number of nitrogens with zero attached hydrogens (tertiary/aromatic N) is 2. The lowest BCUT2D eigenvalue weighted by molar-refractivity contribution is -0.140. The minimum Gasteiger partial charge on any atom is -0.393 e. The van der Waals surface area contributed by atoms with Gasteiger partial charge in [0, 0.05) is 38.6 Å². The fourth-order valence-corrected chi connectivity index (χ4v) is 4.62. The molecule has 2 fully saturated rings. The van der Waals surface area contributed by atoms with Crippen molar-refractivity contribution in [3.63, 3.8) is 0 Å². The number of likely N-dealkylation sites (tertiary alicyclic amines) is 1. The van der Waals surface area contributed by atoms with Crippen LogP contribution in [-0.2, 0) is 9.59 Å². The number of hydrogen-bond donors (Lipinski definition) is 2. The quantitative estimate of drug-likeness (QED) is 0.748. The summed E-state index contributed by atoms with van der Waals surface area (Å²) >= 11 is 0. The van der Waals surface area contributed by atoms with Gasteiger partial charge < -0.3 is 15.3 Å². The second kappa shape index (κ2) is 10.1. The zero-order chi connectivity index (χ0) is 21.6. The molecule has 2 aliphatic heterocycles. The van der Waals surface area contributed by atoms with Crippen LogP contribution >= 0.6 is 0 Å². The molecule has 2 aromatic carbocycles. The Balaban J connectivity index is 1.52. The first-order valence-electron chi connectivity index (χ1n) is 11.2. The smallest absolute Gasteiger partial charge is 0.237 e. The van der Waals surface area contributed by atoms with Crippen molar-refractivity contribution < 1.29 is 14.7 Å². The molecular weight excluding hydrogens is 390 g/mol. The molecule has 4 rings (SSSR count). The predicted molar refractivity (Wildman–Crippen MR) is 120 cm³/mol. The number of benzene rings is 2. The second-order valence-corrected chi connectivity index (χ2v) is 8.49. The summed E-state index contributed by atoms with van der Waals surface area (Å²) in [7, 11) is 0. The molecule has 6 nitrogen and oxygen atoms in total. The molecule has 0 aromatic heterocycles. The number of amides is 2. The van der Waals surface area contributed by atoms with Crippen molar-refractivity contribution >= 4 is 11.8 Å². The van der Waals surface area contributed by atoms with Gasteiger partial charge in [-0.15, -0.1) is 0 Å². The monoisotopic (exact) mass is 421 g/mol. The summed E-state index contributed by atoms with van der Waals surface area (Å²) in [5.41, 5.74) is 2.41. The van der Waals surface area contributed by atoms with Gasteiger partial charge in [0.25, 0.3) is 0 Å². The summed E-state index contributed by atoms with van der Waals surface area (Å²) in [6, 6.07) is 20.2. The molecule has 1 unspecified atom stereocenters. The van der Waals surface area contributed by atoms with E-state index < -0.39 is 6.04 Å². The van der Waals surface area contributed by atoms with Crippen molar-refractivity contribution in [1.29, 1.82) is 0 Å². The van der Waals surface area contributed by atoms with E-state index in [0.717, 1.165) is 6.54 Å². The highest BCUT2D eigenvalue weighted by atomic mass is 16.3. The van der Waals surface area contributed by atoms with Gasteiger partial charge in [0.2, 0.25) is 11.8 Å². The topological polar surface area (TPSA) is 72.9 Å². The van der Waals surface area contributed by atoms with Crippen molar-refractivity contribution in [3.05, 3.63) is 71.8 Å². The van der Waals surface area contributed by atoms with Crippen LogP contribution in [0.2, 0.25) is 0 Å². The van der Waals surface area contributed by atoms with Gasteiger partial charge in [-0.1, -0.05) is 60.7 Å². The van der Waals surface area contributed by atoms with Gasteiger partial charge in [-0.25, -0.2) is 0 Å². The van der Waals surface area contributed by atoms with Crippen molar-refractivity contribution in [2.24, 2.45) is 0 Å². The van der Waals surface area contributed by atoms with Gasteiger partial charge >= 0.3 is 0 Å². The predicted octanol–water partition coefficient (Wildman–Crippen LogP) is 1.99. The van der Waals surface area contributed by atoms with E-state index in [0.29, 0.717) is 39.0 Å². The first-order chi connectivity index (χ1) is 15.1. The molecule has 2 aromatic rings. The Bertz CT molecular complexity index is 827. The summed E-state index contributed by atoms with van der Waals surface area (Å²) in [4.78, 5) is 29.7. The normalized spacial score (nSPS) is 20.6. The lowest BCUT2D eigenvalue weighted by Gasteiger charge is -2.38. The summed E-state index contributed by atoms with van der Waals surface area (Å²) < 4.78 is 0. The summed E-state index contributed by atoms with van der Waals surface area (Å²) in [6.45, 7) is 3.11. The lowest BCUT2D eigenvalue weighted by atomic mass is 9.90. The van der Waals surface area contributed by atoms with Crippen molar-refractivity contribution in [2.75, 3.05) is 32.7 Å². The molecule has 0 bridgehead atoms. The molecule has 2 heterocycles. The van der Waals surface area contributed by atoms with E-state index in [4.69, 9.17) is 0 Å². The van der Waals surface area contributed by atoms with Crippen LogP contribution in [0, 0.1) is 0 Å². The molecule has 2 N–H and O–H groups in total. The third kappa shape index (κ3) is 5.32. The first kappa shape index (κ1) is 21.5. The first-order valence-corrected chi connectivity index (χ1v) is 11.2. The maximum Gasteiger partial charge on any atom is 0.237 e. The number of rotatable bonds is 6. The SMILES string of the molecule is O=C1NCCN(CC(c2ccccc2)c2ccccc2)C1CC(=O)N1CCC(O)CC1. The van der Waals surface area contributed by atoms with Gasteiger partial charge in [0.15, 0.2) is 0 Å². The Morgan fingerprint density at radius 1 is 0.968 bits per heavy atom. The molecule has 2 aliphatic rings. The highest BCUT2D eigenvalue weighted by molar-refractivity contribution is 5.89. The van der Waals surface area contributed by atoms with Crippen LogP contribution < -0.4 is 5.32 Å². The standard InChI is InChI=1S/C25H31N3O3/c29-21-11-14-27(15-12-21)24(30)17-23-25(31)26-13-16-28(23)18-22(19-7-3-1-4-8-19)20-9-5-2-6-10-20/h1-10,21-23,29H,11-18H2,(H,26,31). The fourth-order valence-electron chi connectivity index (χ4n) is 4.62. The van der Waals surface area contributed by atoms with Crippen molar-refractivity contribution in [3.8, 4) is 0 Å². The molecule has 0 aliphatic carbocycles. The Morgan fingerprint density at radius 2 is 1.55 bits per heavy atom. The summed E-state index contributed by atoms with van der Waals surface area (Å²) in [5.74, 6) is 0.0440. The fraction of sp³-hybridized carbons (Fsp3) is 0.440. The van der Waals surface area contributed by atoms with Crippen LogP contribution in [0.4, 0.5) is 0 Å². The van der Waals surface area contributed by atoms with Crippen LogP contribution in [0.15, 0.2) is 60.7 Å². The average molecular weight is 422 g/mol. The Labute approximate surface area is 183 Å². The third-order valence-corrected chi connectivity index (χ3v) is 6.45. The van der Waals surface area contributed by atoms with Gasteiger partial charge in [-0.3, -0.25) is 14.5 Å². The number of aliphatic hydroxyl groups excluding tert-OH is 1. The number of carbonyl (C=O) groups is 2. The largest absolute Gasteiger partial charge is 0.393 e. The van der Waals surface area contributed by atoms with Gasteiger partial charge in [-0.05, 0) is 24.0 Å². The van der Waals surface area contributed by atoms with Crippen molar-refractivity contribution in [2.45, 2.75) is 37.3 Å². The Kier molecular flexibility index (Phi) is 6.99. The highest BCUT2D eigenvalue weighted by Gasteiger charge is 2.35. The number of nitrogens with one attached hydrogen (secondary N) is 1. The van der Waals surface area contributed by atoms with Gasteiger partial charge in [0.05, 0.1) is 18.6 Å². The van der Waals surface area contributed by atoms with Crippen molar-refractivity contribution in [1.82, 2.24) is 15.1 Å². The molecule has 2 amide bonds. The molecule has 0 radical (unpaired) electrons. The van der Waals surface area contributed by atoms with Crippen LogP contribution in [0.25, 0.3) is 0 Å². The maximum absolute atomic E-state index is 12.9. The summed E-state index contributed by atoms with van der Waals surface area (Å²) in [5, 5.41) is 12.7. The number of piperazine rings is 1. The van der Waals surface area contributed by atoms with Gasteiger partial charge in [0.1, 0.15) is 0 Å². The van der Waals surface area contributed by atoms with Crippen LogP contribution in [0.3, 0.4) is 0 Å². The van der Waals surface area contributed by atoms with E-state index >= 15 is 0 Å². The Morgan fingerprint density at radius 3 is 2.13 bits per heavy atom. The minimum atomic E-state index is -0.469. The van der Waals surface area contributed by atoms with Crippen LogP contribution in [0.5, 0.6) is 0 Å². The van der Waals surface area contributed by atoms with Crippen LogP contribution in [0.1, 0.15) is 36.3 Å². The number of hydrogen-bond acceptors (Lipinski definition) is 4. The number of carbonyl (C=O) groups excluding carboxylic acids is 2. The number of piperidine rings is 1. The third-order valence-electron chi connectivity index (χ3n) is 6.45. The molecule has 6 heteroatoms. The maximum atomic E-state index is 12.9. The van der Waals surface area contributed by atoms with E-state index in [1.54, 1.807) is 4.90 Å². The van der Waals surface area contributed by atoms with E-state index in [1.807, 2.05) is 36.4 Å². The number of aliphatic hydroxyl groups is 1. The summed E-state index contributed by atoms with van der Waals surface area (Å²) in [6.07, 6.45) is 1.07. The van der Waals surface area contributed by atoms with E-state index in [-0.39, 0.29) is 30.3 Å². The Hall–Kier alpha value is -2.70. The molecule has 2 saturated heterocycles. The van der Waals surface area contributed by atoms with Gasteiger partial charge in [-0.2, -0.15) is 0 Å². The molecule has 1 atom stereocenters. The van der Waals surface area contributed by atoms with E-state index in [1.165, 1.54) is 11.1 Å². The molecule has 0 spiro atoms. The van der Waals surface area contributed by atoms with Crippen LogP contribution in [-0.4, -0.2) is 71.6 Å². The average Bonchev–Trinajstić information content (AvgIpc) is 2.81. The molecular formula is C25H31N3O3. The van der Waals surface area contributed by atoms with E-state index in [2.05, 4.69) is 34.5 Å².